The van der Waals surface area contributed by atoms with Gasteiger partial charge in [-0.15, -0.1) is 11.8 Å². The van der Waals surface area contributed by atoms with Crippen LogP contribution in [-0.2, 0) is 16.4 Å². The zero-order chi connectivity index (χ0) is 47.7. The zero-order valence-corrected chi connectivity index (χ0v) is 44.7. The Balaban J connectivity index is 1.49. The molecule has 1 fully saturated rings. The van der Waals surface area contributed by atoms with E-state index in [1.54, 1.807) is 5.57 Å². The van der Waals surface area contributed by atoms with Crippen LogP contribution >= 0.6 is 11.8 Å². The molecule has 2 aliphatic carbocycles. The van der Waals surface area contributed by atoms with E-state index in [2.05, 4.69) is 238 Å². The summed E-state index contributed by atoms with van der Waals surface area (Å²) in [5.74, 6) is 1.90. The van der Waals surface area contributed by atoms with Gasteiger partial charge in [-0.1, -0.05) is 169 Å². The maximum Gasteiger partial charge on any atom is 0.0733 e. The molecule has 0 radical (unpaired) electrons. The zero-order valence-electron chi connectivity index (χ0n) is 43.9. The van der Waals surface area contributed by atoms with Gasteiger partial charge in [0, 0.05) is 39.3 Å². The van der Waals surface area contributed by atoms with Crippen molar-refractivity contribution in [2.24, 2.45) is 28.1 Å². The first-order valence-corrected chi connectivity index (χ1v) is 25.9. The van der Waals surface area contributed by atoms with Crippen molar-refractivity contribution in [1.29, 1.82) is 0 Å². The highest BCUT2D eigenvalue weighted by Crippen LogP contribution is 2.57. The van der Waals surface area contributed by atoms with Crippen molar-refractivity contribution >= 4 is 28.8 Å². The Bertz CT molecular complexity index is 2470. The summed E-state index contributed by atoms with van der Waals surface area (Å²) in [5, 5.41) is 0. The molecule has 4 aromatic carbocycles. The molecule has 0 aromatic heterocycles. The van der Waals surface area contributed by atoms with Crippen molar-refractivity contribution in [3.63, 3.8) is 0 Å². The third kappa shape index (κ3) is 9.75. The molecule has 2 nitrogen and oxygen atoms in total. The second-order valence-electron chi connectivity index (χ2n) is 25.0. The van der Waals surface area contributed by atoms with Crippen LogP contribution in [0, 0.1) is 35.0 Å². The van der Waals surface area contributed by atoms with E-state index in [0.29, 0.717) is 11.8 Å². The number of thioether (sulfide) groups is 1. The Morgan fingerprint density at radius 2 is 1.38 bits per heavy atom. The van der Waals surface area contributed by atoms with Crippen molar-refractivity contribution < 1.29 is 0 Å². The minimum absolute atomic E-state index is 0.00238. The Hall–Kier alpha value is -3.95. The molecule has 0 spiro atoms. The topological polar surface area (TPSA) is 6.48 Å². The number of anilines is 3. The molecule has 0 amide bonds. The molecule has 0 bridgehead atoms. The lowest BCUT2D eigenvalue weighted by atomic mass is 9.55. The van der Waals surface area contributed by atoms with Crippen molar-refractivity contribution in [2.75, 3.05) is 15.6 Å². The smallest absolute Gasteiger partial charge is 0.0733 e. The number of allylic oxidation sites excluding steroid dienone is 6. The van der Waals surface area contributed by atoms with Gasteiger partial charge in [0.25, 0.3) is 0 Å². The molecule has 1 heterocycles. The van der Waals surface area contributed by atoms with E-state index in [9.17, 15) is 0 Å². The van der Waals surface area contributed by atoms with Gasteiger partial charge in [-0.25, -0.2) is 0 Å². The summed E-state index contributed by atoms with van der Waals surface area (Å²) in [6.45, 7) is 43.2. The Labute approximate surface area is 401 Å². The van der Waals surface area contributed by atoms with Crippen LogP contribution in [0.5, 0.6) is 0 Å². The third-order valence-corrected chi connectivity index (χ3v) is 17.4. The minimum Gasteiger partial charge on any atom is -0.358 e. The predicted molar refractivity (Wildman–Crippen MR) is 287 cm³/mol. The van der Waals surface area contributed by atoms with Crippen LogP contribution in [0.2, 0.25) is 0 Å². The van der Waals surface area contributed by atoms with Crippen LogP contribution in [0.3, 0.4) is 0 Å². The van der Waals surface area contributed by atoms with Gasteiger partial charge in [-0.2, -0.15) is 0 Å². The summed E-state index contributed by atoms with van der Waals surface area (Å²) < 4.78 is 0. The van der Waals surface area contributed by atoms with Crippen molar-refractivity contribution in [3.05, 3.63) is 142 Å². The average Bonchev–Trinajstić information content (AvgIpc) is 3.57. The number of aryl methyl sites for hydroxylation is 1. The molecule has 3 aliphatic rings. The third-order valence-electron chi connectivity index (χ3n) is 16.0. The highest BCUT2D eigenvalue weighted by atomic mass is 32.2. The number of nitrogens with zero attached hydrogens (tertiary/aromatic N) is 2. The van der Waals surface area contributed by atoms with Gasteiger partial charge >= 0.3 is 0 Å². The first kappa shape index (κ1) is 49.0. The number of rotatable bonds is 10. The van der Waals surface area contributed by atoms with Crippen LogP contribution < -0.4 is 9.80 Å². The Morgan fingerprint density at radius 3 is 2.02 bits per heavy atom. The fourth-order valence-corrected chi connectivity index (χ4v) is 12.7. The lowest BCUT2D eigenvalue weighted by Gasteiger charge is -2.51. The van der Waals surface area contributed by atoms with E-state index in [-0.39, 0.29) is 38.7 Å². The first-order chi connectivity index (χ1) is 30.2. The lowest BCUT2D eigenvalue weighted by Crippen LogP contribution is -2.52. The van der Waals surface area contributed by atoms with E-state index in [1.807, 2.05) is 11.8 Å². The van der Waals surface area contributed by atoms with Crippen LogP contribution in [0.15, 0.2) is 125 Å². The van der Waals surface area contributed by atoms with E-state index >= 15 is 0 Å². The molecule has 3 heteroatoms. The second kappa shape index (κ2) is 17.6. The predicted octanol–water partition coefficient (Wildman–Crippen LogP) is 18.3. The molecule has 4 atom stereocenters. The standard InChI is InChI=1S/C62H84N2S/c1-19-45(57(5,6)7)36-42(3)43(4)64(62(18)40-65-56-23-21-20-22-53(56)62)50-35-41(2)34-49(38-50)63(48-29-30-52-54(39-48)61(16,17)33-32-60(52,14)15)55-31-28-47(59(11,12)13)37-51(55)44-24-26-46(27-25-44)58(8,9)10/h19-31,34-35,37-38,42-43,54H,32-33,36,39-40H2,1-18H3/b45-19+. The number of hydrogen-bond donors (Lipinski definition) is 0. The first-order valence-electron chi connectivity index (χ1n) is 24.9. The minimum atomic E-state index is -0.198. The Kier molecular flexibility index (Phi) is 13.3. The van der Waals surface area contributed by atoms with Crippen LogP contribution in [0.4, 0.5) is 17.1 Å². The molecule has 1 aliphatic heterocycles. The highest BCUT2D eigenvalue weighted by molar-refractivity contribution is 7.99. The molecule has 348 valence electrons. The summed E-state index contributed by atoms with van der Waals surface area (Å²) in [6, 6.07) is 33.8. The summed E-state index contributed by atoms with van der Waals surface area (Å²) in [7, 11) is 0. The maximum absolute atomic E-state index is 2.84. The summed E-state index contributed by atoms with van der Waals surface area (Å²) >= 11 is 2.02. The largest absolute Gasteiger partial charge is 0.358 e. The van der Waals surface area contributed by atoms with Gasteiger partial charge < -0.3 is 9.80 Å². The van der Waals surface area contributed by atoms with E-state index in [1.165, 1.54) is 79.5 Å². The Morgan fingerprint density at radius 1 is 0.754 bits per heavy atom. The van der Waals surface area contributed by atoms with Gasteiger partial charge in [0.05, 0.1) is 11.2 Å². The molecule has 4 unspecified atom stereocenters. The molecule has 4 aromatic rings. The van der Waals surface area contributed by atoms with Gasteiger partial charge in [0.15, 0.2) is 0 Å². The summed E-state index contributed by atoms with van der Waals surface area (Å²) in [5.41, 5.74) is 16.7. The van der Waals surface area contributed by atoms with Crippen LogP contribution in [0.25, 0.3) is 11.1 Å². The quantitative estimate of drug-likeness (QED) is 0.147. The molecule has 65 heavy (non-hydrogen) atoms. The molecule has 0 saturated heterocycles. The number of benzene rings is 4. The normalized spacial score (nSPS) is 21.8. The van der Waals surface area contributed by atoms with Crippen LogP contribution in [0.1, 0.15) is 166 Å². The number of hydrogen-bond acceptors (Lipinski definition) is 3. The van der Waals surface area contributed by atoms with Gasteiger partial charge in [-0.05, 0) is 163 Å². The fraction of sp³-hybridized carbons (Fsp3) is 0.516. The molecular weight excluding hydrogens is 805 g/mol. The van der Waals surface area contributed by atoms with Gasteiger partial charge in [-0.3, -0.25) is 0 Å². The average molecular weight is 889 g/mol. The monoisotopic (exact) mass is 889 g/mol. The molecule has 7 rings (SSSR count). The lowest BCUT2D eigenvalue weighted by molar-refractivity contribution is 0.121. The van der Waals surface area contributed by atoms with Gasteiger partial charge in [0.2, 0.25) is 0 Å². The SMILES string of the molecule is C/C=C(\CC(C)C(C)N(c1cc(C)cc(N(C2=CC=C3C(C2)C(C)(C)CCC3(C)C)c2ccc(C(C)(C)C)cc2-c2ccc(C(C)(C)C)cc2)c1)C1(C)CSc2ccccc21)C(C)(C)C. The fourth-order valence-electron chi connectivity index (χ4n) is 11.4. The van der Waals surface area contributed by atoms with Crippen LogP contribution in [-0.4, -0.2) is 11.8 Å². The van der Waals surface area contributed by atoms with E-state index < -0.39 is 0 Å². The second-order valence-corrected chi connectivity index (χ2v) is 26.0. The summed E-state index contributed by atoms with van der Waals surface area (Å²) in [4.78, 5) is 6.94. The summed E-state index contributed by atoms with van der Waals surface area (Å²) in [6.07, 6.45) is 12.0. The van der Waals surface area contributed by atoms with E-state index in [4.69, 9.17) is 0 Å². The molecular formula is C62H84N2S. The van der Waals surface area contributed by atoms with Crippen molar-refractivity contribution in [3.8, 4) is 11.1 Å². The van der Waals surface area contributed by atoms with Crippen molar-refractivity contribution in [2.45, 2.75) is 178 Å². The highest BCUT2D eigenvalue weighted by Gasteiger charge is 2.47. The maximum atomic E-state index is 2.84. The van der Waals surface area contributed by atoms with Gasteiger partial charge in [0.1, 0.15) is 0 Å². The molecule has 1 saturated carbocycles. The van der Waals surface area contributed by atoms with Crippen molar-refractivity contribution in [1.82, 2.24) is 0 Å². The molecule has 0 N–H and O–H groups in total. The number of fused-ring (bicyclic) bond motifs is 2. The van der Waals surface area contributed by atoms with E-state index in [0.717, 1.165) is 18.6 Å².